The van der Waals surface area contributed by atoms with E-state index in [4.69, 9.17) is 4.74 Å². The summed E-state index contributed by atoms with van der Waals surface area (Å²) in [5, 5.41) is 2.87. The van der Waals surface area contributed by atoms with Crippen molar-refractivity contribution in [1.29, 1.82) is 0 Å². The Morgan fingerprint density at radius 1 is 1.20 bits per heavy atom. The van der Waals surface area contributed by atoms with Gasteiger partial charge in [-0.3, -0.25) is 0 Å². The van der Waals surface area contributed by atoms with Gasteiger partial charge in [0, 0.05) is 6.54 Å². The average molecular weight is 237 g/mol. The summed E-state index contributed by atoms with van der Waals surface area (Å²) in [5.74, 6) is 0.123. The van der Waals surface area contributed by atoms with Crippen LogP contribution in [0.15, 0.2) is 0 Å². The van der Waals surface area contributed by atoms with Gasteiger partial charge in [0.1, 0.15) is 0 Å². The molecule has 0 aliphatic rings. The van der Waals surface area contributed by atoms with Crippen molar-refractivity contribution in [3.8, 4) is 0 Å². The predicted octanol–water partition coefficient (Wildman–Crippen LogP) is 0.826. The number of hydrogen-bond acceptors (Lipinski definition) is 4. The van der Waals surface area contributed by atoms with Gasteiger partial charge in [0.05, 0.1) is 24.2 Å². The van der Waals surface area contributed by atoms with Crippen LogP contribution in [0, 0.1) is 0 Å². The molecule has 0 rings (SSSR count). The van der Waals surface area contributed by atoms with Crippen molar-refractivity contribution in [3.63, 3.8) is 0 Å². The van der Waals surface area contributed by atoms with E-state index in [9.17, 15) is 8.42 Å². The van der Waals surface area contributed by atoms with Crippen LogP contribution < -0.4 is 5.32 Å². The maximum atomic E-state index is 11.4. The largest absolute Gasteiger partial charge is 0.379 e. The molecule has 0 aliphatic carbocycles. The number of ether oxygens (including phenoxy) is 1. The lowest BCUT2D eigenvalue weighted by Crippen LogP contribution is -2.24. The molecule has 0 aromatic heterocycles. The Morgan fingerprint density at radius 3 is 2.40 bits per heavy atom. The maximum Gasteiger partial charge on any atom is 0.154 e. The van der Waals surface area contributed by atoms with Gasteiger partial charge in [0.15, 0.2) is 9.84 Å². The molecular formula is C10H23NO3S. The highest BCUT2D eigenvalue weighted by Crippen LogP contribution is 1.99. The van der Waals surface area contributed by atoms with E-state index >= 15 is 0 Å². The van der Waals surface area contributed by atoms with Crippen LogP contribution in [0.25, 0.3) is 0 Å². The molecule has 0 aliphatic heterocycles. The van der Waals surface area contributed by atoms with E-state index in [1.165, 1.54) is 0 Å². The van der Waals surface area contributed by atoms with Crippen LogP contribution in [0.2, 0.25) is 0 Å². The molecule has 0 fully saturated rings. The van der Waals surface area contributed by atoms with Gasteiger partial charge < -0.3 is 10.1 Å². The lowest BCUT2D eigenvalue weighted by atomic mass is 10.5. The number of rotatable bonds is 9. The standard InChI is InChI=1S/C10H23NO3S/c1-4-5-11-6-7-14-8-9-15(12,13)10(2)3/h10-11H,4-9H2,1-3H3. The Kier molecular flexibility index (Phi) is 8.00. The molecule has 15 heavy (non-hydrogen) atoms. The SMILES string of the molecule is CCCNCCOCCS(=O)(=O)C(C)C. The van der Waals surface area contributed by atoms with Gasteiger partial charge >= 0.3 is 0 Å². The molecule has 0 bridgehead atoms. The molecule has 0 aromatic rings. The second kappa shape index (κ2) is 8.07. The quantitative estimate of drug-likeness (QED) is 0.603. The van der Waals surface area contributed by atoms with Crippen molar-refractivity contribution in [3.05, 3.63) is 0 Å². The molecule has 0 atom stereocenters. The molecule has 0 unspecified atom stereocenters. The molecule has 0 amide bonds. The van der Waals surface area contributed by atoms with Crippen LogP contribution in [-0.4, -0.2) is 45.7 Å². The van der Waals surface area contributed by atoms with Crippen LogP contribution in [-0.2, 0) is 14.6 Å². The van der Waals surface area contributed by atoms with Crippen LogP contribution >= 0.6 is 0 Å². The Morgan fingerprint density at radius 2 is 1.87 bits per heavy atom. The van der Waals surface area contributed by atoms with Crippen molar-refractivity contribution >= 4 is 9.84 Å². The van der Waals surface area contributed by atoms with Crippen molar-refractivity contribution in [2.75, 3.05) is 32.1 Å². The Balaban J connectivity index is 3.39. The van der Waals surface area contributed by atoms with E-state index in [0.717, 1.165) is 19.5 Å². The first-order valence-electron chi connectivity index (χ1n) is 5.50. The summed E-state index contributed by atoms with van der Waals surface area (Å²) in [6, 6.07) is 0. The zero-order valence-corrected chi connectivity index (χ0v) is 10.8. The Bertz CT molecular complexity index is 237. The molecule has 5 heteroatoms. The topological polar surface area (TPSA) is 55.4 Å². The van der Waals surface area contributed by atoms with Gasteiger partial charge in [-0.1, -0.05) is 6.92 Å². The van der Waals surface area contributed by atoms with Crippen molar-refractivity contribution in [2.24, 2.45) is 0 Å². The van der Waals surface area contributed by atoms with Crippen LogP contribution in [0.1, 0.15) is 27.2 Å². The fraction of sp³-hybridized carbons (Fsp3) is 1.00. The van der Waals surface area contributed by atoms with Crippen molar-refractivity contribution < 1.29 is 13.2 Å². The maximum absolute atomic E-state index is 11.4. The van der Waals surface area contributed by atoms with Gasteiger partial charge in [-0.2, -0.15) is 0 Å². The van der Waals surface area contributed by atoms with Crippen LogP contribution in [0.3, 0.4) is 0 Å². The molecule has 4 nitrogen and oxygen atoms in total. The zero-order valence-electron chi connectivity index (χ0n) is 9.95. The van der Waals surface area contributed by atoms with Gasteiger partial charge in [0.25, 0.3) is 0 Å². The average Bonchev–Trinajstić information content (AvgIpc) is 2.16. The summed E-state index contributed by atoms with van der Waals surface area (Å²) in [7, 11) is -2.94. The molecule has 1 N–H and O–H groups in total. The molecule has 92 valence electrons. The highest BCUT2D eigenvalue weighted by Gasteiger charge is 2.14. The lowest BCUT2D eigenvalue weighted by molar-refractivity contribution is 0.150. The minimum absolute atomic E-state index is 0.123. The molecule has 0 spiro atoms. The van der Waals surface area contributed by atoms with E-state index in [1.807, 2.05) is 0 Å². The predicted molar refractivity (Wildman–Crippen MR) is 62.9 cm³/mol. The van der Waals surface area contributed by atoms with Crippen molar-refractivity contribution in [2.45, 2.75) is 32.4 Å². The lowest BCUT2D eigenvalue weighted by Gasteiger charge is -2.08. The third-order valence-electron chi connectivity index (χ3n) is 2.08. The summed E-state index contributed by atoms with van der Waals surface area (Å²) in [4.78, 5) is 0. The van der Waals surface area contributed by atoms with Gasteiger partial charge in [-0.15, -0.1) is 0 Å². The highest BCUT2D eigenvalue weighted by molar-refractivity contribution is 7.91. The summed E-state index contributed by atoms with van der Waals surface area (Å²) in [5.41, 5.74) is 0. The van der Waals surface area contributed by atoms with Crippen molar-refractivity contribution in [1.82, 2.24) is 5.32 Å². The summed E-state index contributed by atoms with van der Waals surface area (Å²) >= 11 is 0. The third-order valence-corrected chi connectivity index (χ3v) is 4.25. The molecule has 0 heterocycles. The van der Waals surface area contributed by atoms with E-state index in [1.54, 1.807) is 13.8 Å². The molecule has 0 radical (unpaired) electrons. The number of sulfone groups is 1. The monoisotopic (exact) mass is 237 g/mol. The fourth-order valence-electron chi connectivity index (χ4n) is 0.959. The summed E-state index contributed by atoms with van der Waals surface area (Å²) < 4.78 is 28.0. The van der Waals surface area contributed by atoms with Gasteiger partial charge in [0.2, 0.25) is 0 Å². The van der Waals surface area contributed by atoms with E-state index in [0.29, 0.717) is 13.2 Å². The molecule has 0 saturated carbocycles. The van der Waals surface area contributed by atoms with E-state index in [2.05, 4.69) is 12.2 Å². The van der Waals surface area contributed by atoms with Crippen LogP contribution in [0.5, 0.6) is 0 Å². The summed E-state index contributed by atoms with van der Waals surface area (Å²) in [6.45, 7) is 8.13. The molecule has 0 aromatic carbocycles. The first-order chi connectivity index (χ1) is 7.00. The Hall–Kier alpha value is -0.130. The fourth-order valence-corrected chi connectivity index (χ4v) is 1.78. The van der Waals surface area contributed by atoms with E-state index in [-0.39, 0.29) is 11.0 Å². The normalized spacial score (nSPS) is 12.3. The smallest absolute Gasteiger partial charge is 0.154 e. The molecular weight excluding hydrogens is 214 g/mol. The first-order valence-corrected chi connectivity index (χ1v) is 7.22. The van der Waals surface area contributed by atoms with Crippen LogP contribution in [0.4, 0.5) is 0 Å². The second-order valence-electron chi connectivity index (χ2n) is 3.78. The third kappa shape index (κ3) is 7.76. The summed E-state index contributed by atoms with van der Waals surface area (Å²) in [6.07, 6.45) is 1.10. The second-order valence-corrected chi connectivity index (χ2v) is 6.45. The minimum Gasteiger partial charge on any atom is -0.379 e. The Labute approximate surface area is 93.3 Å². The van der Waals surface area contributed by atoms with Gasteiger partial charge in [-0.05, 0) is 26.8 Å². The highest BCUT2D eigenvalue weighted by atomic mass is 32.2. The zero-order chi connectivity index (χ0) is 11.7. The number of hydrogen-bond donors (Lipinski definition) is 1. The first kappa shape index (κ1) is 14.9. The van der Waals surface area contributed by atoms with Gasteiger partial charge in [-0.25, -0.2) is 8.42 Å². The number of nitrogens with one attached hydrogen (secondary N) is 1. The molecule has 0 saturated heterocycles. The van der Waals surface area contributed by atoms with E-state index < -0.39 is 9.84 Å². The minimum atomic E-state index is -2.94.